The van der Waals surface area contributed by atoms with E-state index < -0.39 is 12.2 Å². The van der Waals surface area contributed by atoms with Crippen molar-refractivity contribution in [3.8, 4) is 5.75 Å². The van der Waals surface area contributed by atoms with Crippen molar-refractivity contribution in [3.63, 3.8) is 0 Å². The second-order valence-electron chi connectivity index (χ2n) is 5.92. The van der Waals surface area contributed by atoms with Crippen LogP contribution in [0.5, 0.6) is 5.75 Å². The largest absolute Gasteiger partial charge is 0.435 e. The predicted molar refractivity (Wildman–Crippen MR) is 77.7 cm³/mol. The Bertz CT molecular complexity index is 432. The van der Waals surface area contributed by atoms with E-state index in [0.717, 1.165) is 37.7 Å². The van der Waals surface area contributed by atoms with Gasteiger partial charge in [-0.25, -0.2) is 0 Å². The molecule has 0 radical (unpaired) electrons. The average Bonchev–Trinajstić information content (AvgIpc) is 2.41. The van der Waals surface area contributed by atoms with Crippen LogP contribution in [-0.4, -0.2) is 29.9 Å². The number of hydrogen-bond donors (Lipinski definition) is 2. The highest BCUT2D eigenvalue weighted by Gasteiger charge is 2.33. The third-order valence-corrected chi connectivity index (χ3v) is 4.08. The van der Waals surface area contributed by atoms with Crippen molar-refractivity contribution in [3.05, 3.63) is 29.8 Å². The highest BCUT2D eigenvalue weighted by Crippen LogP contribution is 2.30. The average molecular weight is 299 g/mol. The quantitative estimate of drug-likeness (QED) is 0.775. The number of benzene rings is 1. The molecule has 0 spiro atoms. The number of halogens is 2. The minimum atomic E-state index is -2.78. The van der Waals surface area contributed by atoms with Gasteiger partial charge in [-0.2, -0.15) is 8.78 Å². The zero-order chi connectivity index (χ0) is 15.3. The summed E-state index contributed by atoms with van der Waals surface area (Å²) in [6.45, 7) is -0.0385. The van der Waals surface area contributed by atoms with Gasteiger partial charge in [0, 0.05) is 12.6 Å². The van der Waals surface area contributed by atoms with Crippen molar-refractivity contribution < 1.29 is 18.6 Å². The first-order chi connectivity index (χ1) is 9.97. The van der Waals surface area contributed by atoms with Crippen molar-refractivity contribution in [2.75, 3.05) is 6.54 Å². The molecule has 0 aliphatic heterocycles. The Morgan fingerprint density at radius 3 is 2.48 bits per heavy atom. The maximum absolute atomic E-state index is 12.0. The van der Waals surface area contributed by atoms with Crippen LogP contribution in [0.2, 0.25) is 0 Å². The highest BCUT2D eigenvalue weighted by molar-refractivity contribution is 5.27. The van der Waals surface area contributed by atoms with Gasteiger partial charge in [0.05, 0.1) is 5.60 Å². The van der Waals surface area contributed by atoms with Gasteiger partial charge in [0.1, 0.15) is 5.75 Å². The molecule has 3 nitrogen and oxygen atoms in total. The molecule has 2 rings (SSSR count). The molecule has 5 heteroatoms. The van der Waals surface area contributed by atoms with Crippen LogP contribution in [0.3, 0.4) is 0 Å². The summed E-state index contributed by atoms with van der Waals surface area (Å²) in [4.78, 5) is 0. The molecule has 1 aromatic rings. The maximum atomic E-state index is 12.0. The summed E-state index contributed by atoms with van der Waals surface area (Å²) in [6.07, 6.45) is 4.68. The van der Waals surface area contributed by atoms with Crippen LogP contribution < -0.4 is 10.1 Å². The lowest BCUT2D eigenvalue weighted by Gasteiger charge is -2.37. The zero-order valence-electron chi connectivity index (χ0n) is 12.3. The third kappa shape index (κ3) is 5.25. The molecule has 21 heavy (non-hydrogen) atoms. The minimum absolute atomic E-state index is 0.187. The molecule has 0 saturated heterocycles. The van der Waals surface area contributed by atoms with E-state index in [1.165, 1.54) is 0 Å². The van der Waals surface area contributed by atoms with Gasteiger partial charge in [0.15, 0.2) is 0 Å². The molecule has 1 atom stereocenters. The Kier molecular flexibility index (Phi) is 5.53. The molecule has 0 bridgehead atoms. The lowest BCUT2D eigenvalue weighted by Crippen LogP contribution is -2.48. The minimum Gasteiger partial charge on any atom is -0.435 e. The number of aryl methyl sites for hydroxylation is 1. The molecule has 1 aliphatic carbocycles. The van der Waals surface area contributed by atoms with Gasteiger partial charge < -0.3 is 15.2 Å². The van der Waals surface area contributed by atoms with E-state index in [1.807, 2.05) is 12.1 Å². The first-order valence-electron chi connectivity index (χ1n) is 7.46. The molecule has 0 heterocycles. The smallest absolute Gasteiger partial charge is 0.387 e. The molecular weight excluding hydrogens is 276 g/mol. The molecule has 1 aliphatic rings. The SMILES string of the molecule is CC(CCc1ccc(OC(F)F)cc1)NCC1(O)CCC1. The molecule has 1 unspecified atom stereocenters. The van der Waals surface area contributed by atoms with Crippen molar-refractivity contribution in [1.82, 2.24) is 5.32 Å². The van der Waals surface area contributed by atoms with Gasteiger partial charge in [-0.15, -0.1) is 0 Å². The standard InChI is InChI=1S/C16H23F2NO2/c1-12(19-11-16(20)9-2-10-16)3-4-13-5-7-14(8-6-13)21-15(17)18/h5-8,12,15,19-20H,2-4,9-11H2,1H3. The zero-order valence-corrected chi connectivity index (χ0v) is 12.3. The van der Waals surface area contributed by atoms with Crippen LogP contribution in [0.4, 0.5) is 8.78 Å². The predicted octanol–water partition coefficient (Wildman–Crippen LogP) is 3.11. The van der Waals surface area contributed by atoms with Crippen molar-refractivity contribution in [2.24, 2.45) is 0 Å². The van der Waals surface area contributed by atoms with Gasteiger partial charge in [-0.05, 0) is 56.7 Å². The Morgan fingerprint density at radius 1 is 1.29 bits per heavy atom. The second kappa shape index (κ2) is 7.18. The molecule has 0 amide bonds. The first kappa shape index (κ1) is 16.2. The van der Waals surface area contributed by atoms with Crippen LogP contribution in [0.15, 0.2) is 24.3 Å². The van der Waals surface area contributed by atoms with Crippen molar-refractivity contribution in [2.45, 2.75) is 57.3 Å². The van der Waals surface area contributed by atoms with E-state index in [1.54, 1.807) is 12.1 Å². The molecular formula is C16H23F2NO2. The van der Waals surface area contributed by atoms with E-state index in [4.69, 9.17) is 0 Å². The maximum Gasteiger partial charge on any atom is 0.387 e. The van der Waals surface area contributed by atoms with Crippen LogP contribution in [0.1, 0.15) is 38.2 Å². The molecule has 1 saturated carbocycles. The van der Waals surface area contributed by atoms with Gasteiger partial charge >= 0.3 is 6.61 Å². The lowest BCUT2D eigenvalue weighted by molar-refractivity contribution is -0.0498. The van der Waals surface area contributed by atoms with E-state index in [-0.39, 0.29) is 5.75 Å². The molecule has 1 fully saturated rings. The van der Waals surface area contributed by atoms with Crippen LogP contribution in [-0.2, 0) is 6.42 Å². The summed E-state index contributed by atoms with van der Waals surface area (Å²) >= 11 is 0. The van der Waals surface area contributed by atoms with Gasteiger partial charge in [0.2, 0.25) is 0 Å². The fraction of sp³-hybridized carbons (Fsp3) is 0.625. The number of aliphatic hydroxyl groups is 1. The van der Waals surface area contributed by atoms with Gasteiger partial charge in [-0.1, -0.05) is 12.1 Å². The molecule has 0 aromatic heterocycles. The van der Waals surface area contributed by atoms with E-state index in [2.05, 4.69) is 17.0 Å². The van der Waals surface area contributed by atoms with Crippen LogP contribution in [0.25, 0.3) is 0 Å². The fourth-order valence-corrected chi connectivity index (χ4v) is 2.45. The molecule has 118 valence electrons. The molecule has 2 N–H and O–H groups in total. The van der Waals surface area contributed by atoms with Crippen molar-refractivity contribution in [1.29, 1.82) is 0 Å². The number of nitrogens with one attached hydrogen (secondary N) is 1. The Morgan fingerprint density at radius 2 is 1.95 bits per heavy atom. The third-order valence-electron chi connectivity index (χ3n) is 4.08. The Hall–Kier alpha value is -1.20. The van der Waals surface area contributed by atoms with E-state index >= 15 is 0 Å². The Balaban J connectivity index is 1.69. The number of ether oxygens (including phenoxy) is 1. The Labute approximate surface area is 124 Å². The fourth-order valence-electron chi connectivity index (χ4n) is 2.45. The summed E-state index contributed by atoms with van der Waals surface area (Å²) in [5.41, 5.74) is 0.593. The summed E-state index contributed by atoms with van der Waals surface area (Å²) in [5.74, 6) is 0.187. The summed E-state index contributed by atoms with van der Waals surface area (Å²) in [5, 5.41) is 13.4. The van der Waals surface area contributed by atoms with Crippen LogP contribution >= 0.6 is 0 Å². The summed E-state index contributed by atoms with van der Waals surface area (Å²) in [6, 6.07) is 7.06. The topological polar surface area (TPSA) is 41.5 Å². The first-order valence-corrected chi connectivity index (χ1v) is 7.46. The highest BCUT2D eigenvalue weighted by atomic mass is 19.3. The summed E-state index contributed by atoms with van der Waals surface area (Å²) in [7, 11) is 0. The second-order valence-corrected chi connectivity index (χ2v) is 5.92. The monoisotopic (exact) mass is 299 g/mol. The number of rotatable bonds is 8. The van der Waals surface area contributed by atoms with Crippen molar-refractivity contribution >= 4 is 0 Å². The van der Waals surface area contributed by atoms with Gasteiger partial charge in [-0.3, -0.25) is 0 Å². The van der Waals surface area contributed by atoms with E-state index in [0.29, 0.717) is 12.6 Å². The van der Waals surface area contributed by atoms with Crippen LogP contribution in [0, 0.1) is 0 Å². The number of hydrogen-bond acceptors (Lipinski definition) is 3. The number of alkyl halides is 2. The summed E-state index contributed by atoms with van der Waals surface area (Å²) < 4.78 is 28.4. The van der Waals surface area contributed by atoms with E-state index in [9.17, 15) is 13.9 Å². The van der Waals surface area contributed by atoms with Gasteiger partial charge in [0.25, 0.3) is 0 Å². The molecule has 1 aromatic carbocycles. The normalized spacial score (nSPS) is 18.3. The lowest BCUT2D eigenvalue weighted by atomic mass is 9.80.